The van der Waals surface area contributed by atoms with E-state index < -0.39 is 0 Å². The van der Waals surface area contributed by atoms with Crippen molar-refractivity contribution in [2.24, 2.45) is 11.8 Å². The fraction of sp³-hybridized carbons (Fsp3) is 0.700. The Hall–Kier alpha value is -0.820. The van der Waals surface area contributed by atoms with Crippen LogP contribution in [0.1, 0.15) is 63.0 Å². The summed E-state index contributed by atoms with van der Waals surface area (Å²) < 4.78 is 0. The zero-order valence-corrected chi connectivity index (χ0v) is 13.6. The Kier molecular flexibility index (Phi) is 5.35. The molecule has 2 atom stereocenters. The van der Waals surface area contributed by atoms with Crippen molar-refractivity contribution in [2.75, 3.05) is 6.54 Å². The van der Waals surface area contributed by atoms with E-state index in [4.69, 9.17) is 0 Å². The van der Waals surface area contributed by atoms with Gasteiger partial charge in [-0.05, 0) is 68.0 Å². The number of rotatable bonds is 5. The third-order valence-corrected chi connectivity index (χ3v) is 5.68. The lowest BCUT2D eigenvalue weighted by Crippen LogP contribution is -2.45. The second-order valence-electron chi connectivity index (χ2n) is 7.15. The van der Waals surface area contributed by atoms with E-state index in [0.717, 1.165) is 17.9 Å². The Labute approximate surface area is 130 Å². The van der Waals surface area contributed by atoms with Gasteiger partial charge in [-0.3, -0.25) is 0 Å². The van der Waals surface area contributed by atoms with Gasteiger partial charge in [-0.1, -0.05) is 50.5 Å². The highest BCUT2D eigenvalue weighted by molar-refractivity contribution is 5.30. The second-order valence-corrected chi connectivity index (χ2v) is 7.15. The standard InChI is InChI=1S/C20H31N/c1-2-14-21-20(17-9-4-3-5-10-17)19-13-12-16-8-6-7-11-18(16)15-19/h6-8,11,17,19-21H,2-5,9-10,12-15H2,1H3. The van der Waals surface area contributed by atoms with E-state index in [9.17, 15) is 0 Å². The molecule has 1 saturated carbocycles. The Morgan fingerprint density at radius 2 is 1.76 bits per heavy atom. The number of hydrogen-bond acceptors (Lipinski definition) is 1. The molecule has 116 valence electrons. The molecule has 1 nitrogen and oxygen atoms in total. The first-order chi connectivity index (χ1) is 10.4. The fourth-order valence-corrected chi connectivity index (χ4v) is 4.55. The van der Waals surface area contributed by atoms with Crippen LogP contribution in [0.2, 0.25) is 0 Å². The van der Waals surface area contributed by atoms with Crippen molar-refractivity contribution in [2.45, 2.75) is 70.8 Å². The van der Waals surface area contributed by atoms with Crippen molar-refractivity contribution in [3.05, 3.63) is 35.4 Å². The Morgan fingerprint density at radius 1 is 1.00 bits per heavy atom. The zero-order chi connectivity index (χ0) is 14.5. The summed E-state index contributed by atoms with van der Waals surface area (Å²) in [5.74, 6) is 1.79. The molecule has 0 spiro atoms. The molecule has 0 heterocycles. The van der Waals surface area contributed by atoms with Crippen LogP contribution >= 0.6 is 0 Å². The van der Waals surface area contributed by atoms with Crippen molar-refractivity contribution in [1.29, 1.82) is 0 Å². The molecule has 1 N–H and O–H groups in total. The summed E-state index contributed by atoms with van der Waals surface area (Å²) in [5.41, 5.74) is 3.22. The molecule has 0 aliphatic heterocycles. The van der Waals surface area contributed by atoms with Crippen LogP contribution in [0.25, 0.3) is 0 Å². The van der Waals surface area contributed by atoms with Gasteiger partial charge < -0.3 is 5.32 Å². The van der Waals surface area contributed by atoms with Gasteiger partial charge in [0.1, 0.15) is 0 Å². The molecular weight excluding hydrogens is 254 g/mol. The number of fused-ring (bicyclic) bond motifs is 1. The number of aryl methyl sites for hydroxylation is 1. The molecular formula is C20H31N. The van der Waals surface area contributed by atoms with Crippen molar-refractivity contribution in [1.82, 2.24) is 5.32 Å². The highest BCUT2D eigenvalue weighted by atomic mass is 14.9. The normalized spacial score (nSPS) is 24.5. The average Bonchev–Trinajstić information content (AvgIpc) is 2.56. The van der Waals surface area contributed by atoms with Crippen LogP contribution in [0.4, 0.5) is 0 Å². The molecule has 2 aliphatic carbocycles. The van der Waals surface area contributed by atoms with Gasteiger partial charge in [0.05, 0.1) is 0 Å². The topological polar surface area (TPSA) is 12.0 Å². The van der Waals surface area contributed by atoms with Gasteiger partial charge >= 0.3 is 0 Å². The van der Waals surface area contributed by atoms with Crippen molar-refractivity contribution in [3.63, 3.8) is 0 Å². The predicted molar refractivity (Wildman–Crippen MR) is 90.6 cm³/mol. The summed E-state index contributed by atoms with van der Waals surface area (Å²) in [6.45, 7) is 3.49. The molecule has 0 radical (unpaired) electrons. The van der Waals surface area contributed by atoms with E-state index in [1.54, 1.807) is 11.1 Å². The molecule has 0 aromatic heterocycles. The maximum absolute atomic E-state index is 3.94. The molecule has 1 aromatic rings. The summed E-state index contributed by atoms with van der Waals surface area (Å²) in [4.78, 5) is 0. The van der Waals surface area contributed by atoms with E-state index in [1.165, 1.54) is 64.3 Å². The summed E-state index contributed by atoms with van der Waals surface area (Å²) in [6.07, 6.45) is 12.5. The van der Waals surface area contributed by atoms with Crippen LogP contribution in [0.3, 0.4) is 0 Å². The molecule has 0 saturated heterocycles. The van der Waals surface area contributed by atoms with E-state index in [1.807, 2.05) is 0 Å². The number of hydrogen-bond donors (Lipinski definition) is 1. The summed E-state index contributed by atoms with van der Waals surface area (Å²) >= 11 is 0. The minimum absolute atomic E-state index is 0.763. The largest absolute Gasteiger partial charge is 0.313 e. The van der Waals surface area contributed by atoms with Crippen LogP contribution in [0, 0.1) is 11.8 Å². The monoisotopic (exact) mass is 285 g/mol. The summed E-state index contributed by atoms with van der Waals surface area (Å²) in [5, 5.41) is 3.94. The lowest BCUT2D eigenvalue weighted by atomic mass is 9.72. The van der Waals surface area contributed by atoms with Gasteiger partial charge in [-0.15, -0.1) is 0 Å². The highest BCUT2D eigenvalue weighted by Crippen LogP contribution is 2.35. The van der Waals surface area contributed by atoms with E-state index >= 15 is 0 Å². The first-order valence-corrected chi connectivity index (χ1v) is 9.18. The van der Waals surface area contributed by atoms with Gasteiger partial charge in [0.25, 0.3) is 0 Å². The number of benzene rings is 1. The van der Waals surface area contributed by atoms with Gasteiger partial charge in [0.2, 0.25) is 0 Å². The molecule has 2 aliphatic rings. The van der Waals surface area contributed by atoms with Gasteiger partial charge in [-0.25, -0.2) is 0 Å². The quantitative estimate of drug-likeness (QED) is 0.824. The van der Waals surface area contributed by atoms with Crippen LogP contribution in [-0.2, 0) is 12.8 Å². The van der Waals surface area contributed by atoms with E-state index in [2.05, 4.69) is 36.5 Å². The number of nitrogens with one attached hydrogen (secondary N) is 1. The molecule has 1 heteroatoms. The molecule has 1 fully saturated rings. The molecule has 0 bridgehead atoms. The fourth-order valence-electron chi connectivity index (χ4n) is 4.55. The molecule has 1 aromatic carbocycles. The van der Waals surface area contributed by atoms with Crippen LogP contribution in [0.15, 0.2) is 24.3 Å². The van der Waals surface area contributed by atoms with Crippen LogP contribution in [0.5, 0.6) is 0 Å². The molecule has 2 unspecified atom stereocenters. The first kappa shape index (κ1) is 15.1. The zero-order valence-electron chi connectivity index (χ0n) is 13.6. The highest BCUT2D eigenvalue weighted by Gasteiger charge is 2.32. The first-order valence-electron chi connectivity index (χ1n) is 9.18. The van der Waals surface area contributed by atoms with E-state index in [-0.39, 0.29) is 0 Å². The second kappa shape index (κ2) is 7.45. The Balaban J connectivity index is 1.71. The van der Waals surface area contributed by atoms with Gasteiger partial charge in [0.15, 0.2) is 0 Å². The molecule has 3 rings (SSSR count). The SMILES string of the molecule is CCCNC(C1CCCCC1)C1CCc2ccccc2C1. The minimum atomic E-state index is 0.763. The van der Waals surface area contributed by atoms with Gasteiger partial charge in [0, 0.05) is 6.04 Å². The maximum Gasteiger partial charge on any atom is 0.0127 e. The van der Waals surface area contributed by atoms with Crippen molar-refractivity contribution in [3.8, 4) is 0 Å². The van der Waals surface area contributed by atoms with Gasteiger partial charge in [-0.2, -0.15) is 0 Å². The average molecular weight is 285 g/mol. The third kappa shape index (κ3) is 3.69. The van der Waals surface area contributed by atoms with Crippen LogP contribution < -0.4 is 5.32 Å². The lowest BCUT2D eigenvalue weighted by Gasteiger charge is -2.39. The third-order valence-electron chi connectivity index (χ3n) is 5.68. The summed E-state index contributed by atoms with van der Waals surface area (Å²) in [6, 6.07) is 9.88. The maximum atomic E-state index is 3.94. The molecule has 21 heavy (non-hydrogen) atoms. The Morgan fingerprint density at radius 3 is 2.52 bits per heavy atom. The van der Waals surface area contributed by atoms with Crippen LogP contribution in [-0.4, -0.2) is 12.6 Å². The Bertz CT molecular complexity index is 433. The predicted octanol–water partition coefficient (Wildman–Crippen LogP) is 4.74. The van der Waals surface area contributed by atoms with Crippen molar-refractivity contribution >= 4 is 0 Å². The lowest BCUT2D eigenvalue weighted by molar-refractivity contribution is 0.193. The van der Waals surface area contributed by atoms with E-state index in [0.29, 0.717) is 0 Å². The smallest absolute Gasteiger partial charge is 0.0127 e. The summed E-state index contributed by atoms with van der Waals surface area (Å²) in [7, 11) is 0. The minimum Gasteiger partial charge on any atom is -0.313 e. The molecule has 0 amide bonds. The van der Waals surface area contributed by atoms with Crippen molar-refractivity contribution < 1.29 is 0 Å².